The first-order valence-corrected chi connectivity index (χ1v) is 8.95. The molecule has 0 bridgehead atoms. The maximum Gasteiger partial charge on any atom is 0.248 e. The van der Waals surface area contributed by atoms with E-state index in [0.29, 0.717) is 11.4 Å². The van der Waals surface area contributed by atoms with Crippen LogP contribution in [0.4, 0.5) is 0 Å². The van der Waals surface area contributed by atoms with Crippen molar-refractivity contribution in [3.8, 4) is 11.4 Å². The molecule has 9 heteroatoms. The third-order valence-electron chi connectivity index (χ3n) is 4.72. The van der Waals surface area contributed by atoms with Crippen molar-refractivity contribution in [2.24, 2.45) is 5.92 Å². The average Bonchev–Trinajstić information content (AvgIpc) is 3.28. The van der Waals surface area contributed by atoms with Crippen LogP contribution in [0.1, 0.15) is 26.3 Å². The molecule has 3 atom stereocenters. The second-order valence-electron chi connectivity index (χ2n) is 7.00. The summed E-state index contributed by atoms with van der Waals surface area (Å²) in [6.45, 7) is 3.94. The van der Waals surface area contributed by atoms with Crippen LogP contribution < -0.4 is 5.32 Å². The van der Waals surface area contributed by atoms with Crippen LogP contribution in [0.5, 0.6) is 0 Å². The highest BCUT2D eigenvalue weighted by Gasteiger charge is 2.42. The third kappa shape index (κ3) is 3.82. The molecule has 0 aromatic carbocycles. The van der Waals surface area contributed by atoms with Gasteiger partial charge in [0.2, 0.25) is 11.8 Å². The van der Waals surface area contributed by atoms with E-state index in [1.165, 1.54) is 16.6 Å². The fraction of sp³-hybridized carbons (Fsp3) is 0.500. The Labute approximate surface area is 157 Å². The van der Waals surface area contributed by atoms with Gasteiger partial charge in [-0.3, -0.25) is 14.6 Å². The number of pyridine rings is 1. The van der Waals surface area contributed by atoms with E-state index >= 15 is 0 Å². The lowest BCUT2D eigenvalue weighted by molar-refractivity contribution is -0.142. The lowest BCUT2D eigenvalue weighted by atomic mass is 10.0. The zero-order valence-corrected chi connectivity index (χ0v) is 15.6. The van der Waals surface area contributed by atoms with Crippen molar-refractivity contribution in [2.45, 2.75) is 38.5 Å². The Kier molecular flexibility index (Phi) is 5.50. The molecule has 2 aromatic rings. The average molecular weight is 372 g/mol. The number of rotatable bonds is 5. The van der Waals surface area contributed by atoms with Gasteiger partial charge in [-0.2, -0.15) is 0 Å². The minimum absolute atomic E-state index is 0.0844. The second-order valence-corrected chi connectivity index (χ2v) is 7.00. The standard InChI is InChI=1S/C18H24N6O3/c1-11(2)16(18(27)23-9-12(25)8-15(23)17(26)19-3)24-10-14(21-22-24)13-6-4-5-7-20-13/h4-7,10-12,15-16,25H,8-9H2,1-3H3,(H,19,26). The molecule has 3 unspecified atom stereocenters. The Bertz CT molecular complexity index is 806. The molecular formula is C18H24N6O3. The molecule has 0 spiro atoms. The van der Waals surface area contributed by atoms with E-state index in [2.05, 4.69) is 20.6 Å². The fourth-order valence-electron chi connectivity index (χ4n) is 3.39. The van der Waals surface area contributed by atoms with Gasteiger partial charge in [-0.1, -0.05) is 25.1 Å². The molecule has 0 saturated carbocycles. The number of nitrogens with one attached hydrogen (secondary N) is 1. The van der Waals surface area contributed by atoms with Gasteiger partial charge < -0.3 is 15.3 Å². The zero-order valence-electron chi connectivity index (χ0n) is 15.6. The number of hydrogen-bond donors (Lipinski definition) is 2. The highest BCUT2D eigenvalue weighted by molar-refractivity contribution is 5.90. The van der Waals surface area contributed by atoms with Gasteiger partial charge in [-0.15, -0.1) is 5.10 Å². The van der Waals surface area contributed by atoms with Crippen LogP contribution in [0.3, 0.4) is 0 Å². The molecule has 0 aliphatic carbocycles. The van der Waals surface area contributed by atoms with Crippen molar-refractivity contribution in [1.82, 2.24) is 30.2 Å². The van der Waals surface area contributed by atoms with Crippen LogP contribution in [0.25, 0.3) is 11.4 Å². The molecule has 1 aliphatic heterocycles. The molecule has 2 N–H and O–H groups in total. The van der Waals surface area contributed by atoms with E-state index in [4.69, 9.17) is 0 Å². The Morgan fingerprint density at radius 2 is 2.07 bits per heavy atom. The van der Waals surface area contributed by atoms with Crippen LogP contribution in [0.15, 0.2) is 30.6 Å². The molecule has 9 nitrogen and oxygen atoms in total. The molecule has 144 valence electrons. The monoisotopic (exact) mass is 372 g/mol. The largest absolute Gasteiger partial charge is 0.391 e. The summed E-state index contributed by atoms with van der Waals surface area (Å²) >= 11 is 0. The summed E-state index contributed by atoms with van der Waals surface area (Å²) in [6, 6.07) is 4.17. The van der Waals surface area contributed by atoms with Crippen LogP contribution >= 0.6 is 0 Å². The first kappa shape index (κ1) is 19.0. The summed E-state index contributed by atoms with van der Waals surface area (Å²) in [4.78, 5) is 31.1. The number of aliphatic hydroxyl groups is 1. The van der Waals surface area contributed by atoms with E-state index in [1.807, 2.05) is 32.0 Å². The van der Waals surface area contributed by atoms with Gasteiger partial charge in [0.1, 0.15) is 17.8 Å². The third-order valence-corrected chi connectivity index (χ3v) is 4.72. The van der Waals surface area contributed by atoms with Crippen molar-refractivity contribution in [1.29, 1.82) is 0 Å². The number of hydrogen-bond acceptors (Lipinski definition) is 6. The lowest BCUT2D eigenvalue weighted by Gasteiger charge is -2.29. The normalized spacial score (nSPS) is 20.7. The SMILES string of the molecule is CNC(=O)C1CC(O)CN1C(=O)C(C(C)C)n1cc(-c2ccccn2)nn1. The molecule has 1 aliphatic rings. The maximum atomic E-state index is 13.2. The predicted octanol–water partition coefficient (Wildman–Crippen LogP) is 0.245. The Hall–Kier alpha value is -2.81. The van der Waals surface area contributed by atoms with Gasteiger partial charge >= 0.3 is 0 Å². The summed E-state index contributed by atoms with van der Waals surface area (Å²) < 4.78 is 1.52. The van der Waals surface area contributed by atoms with Crippen LogP contribution in [-0.2, 0) is 9.59 Å². The number of aromatic nitrogens is 4. The van der Waals surface area contributed by atoms with Gasteiger partial charge in [0, 0.05) is 26.2 Å². The van der Waals surface area contributed by atoms with Gasteiger partial charge in [0.05, 0.1) is 18.0 Å². The van der Waals surface area contributed by atoms with Gasteiger partial charge in [-0.25, -0.2) is 4.68 Å². The van der Waals surface area contributed by atoms with Crippen molar-refractivity contribution in [2.75, 3.05) is 13.6 Å². The maximum absolute atomic E-state index is 13.2. The number of nitrogens with zero attached hydrogens (tertiary/aromatic N) is 5. The van der Waals surface area contributed by atoms with Crippen molar-refractivity contribution in [3.05, 3.63) is 30.6 Å². The zero-order chi connectivity index (χ0) is 19.6. The van der Waals surface area contributed by atoms with Crippen LogP contribution in [-0.4, -0.2) is 67.5 Å². The van der Waals surface area contributed by atoms with E-state index in [1.54, 1.807) is 12.4 Å². The van der Waals surface area contributed by atoms with E-state index in [9.17, 15) is 14.7 Å². The smallest absolute Gasteiger partial charge is 0.248 e. The second kappa shape index (κ2) is 7.83. The minimum atomic E-state index is -0.719. The predicted molar refractivity (Wildman–Crippen MR) is 97.3 cm³/mol. The molecule has 0 radical (unpaired) electrons. The molecular weight excluding hydrogens is 348 g/mol. The van der Waals surface area contributed by atoms with Gasteiger partial charge in [-0.05, 0) is 18.1 Å². The molecule has 2 aromatic heterocycles. The molecule has 1 fully saturated rings. The molecule has 2 amide bonds. The Morgan fingerprint density at radius 3 is 2.70 bits per heavy atom. The first-order chi connectivity index (χ1) is 12.9. The molecule has 3 heterocycles. The van der Waals surface area contributed by atoms with E-state index < -0.39 is 18.2 Å². The van der Waals surface area contributed by atoms with Gasteiger partial charge in [0.25, 0.3) is 0 Å². The summed E-state index contributed by atoms with van der Waals surface area (Å²) in [7, 11) is 1.52. The minimum Gasteiger partial charge on any atom is -0.391 e. The van der Waals surface area contributed by atoms with Crippen molar-refractivity contribution in [3.63, 3.8) is 0 Å². The molecule has 1 saturated heterocycles. The summed E-state index contributed by atoms with van der Waals surface area (Å²) in [5, 5.41) is 20.8. The quantitative estimate of drug-likeness (QED) is 0.778. The number of carbonyl (C=O) groups is 2. The molecule has 27 heavy (non-hydrogen) atoms. The number of likely N-dealkylation sites (N-methyl/N-ethyl adjacent to an activating group) is 1. The number of amides is 2. The Morgan fingerprint density at radius 1 is 1.30 bits per heavy atom. The number of aliphatic hydroxyl groups excluding tert-OH is 1. The van der Waals surface area contributed by atoms with Crippen molar-refractivity contribution < 1.29 is 14.7 Å². The van der Waals surface area contributed by atoms with E-state index in [0.717, 1.165) is 0 Å². The van der Waals surface area contributed by atoms with E-state index in [-0.39, 0.29) is 30.7 Å². The first-order valence-electron chi connectivity index (χ1n) is 8.95. The van der Waals surface area contributed by atoms with Crippen LogP contribution in [0, 0.1) is 5.92 Å². The highest BCUT2D eigenvalue weighted by atomic mass is 16.3. The Balaban J connectivity index is 1.88. The fourth-order valence-corrected chi connectivity index (χ4v) is 3.39. The topological polar surface area (TPSA) is 113 Å². The number of β-amino-alcohol motifs (C(OH)–C–C–N with tert-alkyl or cyclic N) is 1. The molecule has 3 rings (SSSR count). The van der Waals surface area contributed by atoms with Gasteiger partial charge in [0.15, 0.2) is 0 Å². The summed E-state index contributed by atoms with van der Waals surface area (Å²) in [5.41, 5.74) is 1.23. The summed E-state index contributed by atoms with van der Waals surface area (Å²) in [6.07, 6.45) is 2.86. The van der Waals surface area contributed by atoms with Crippen molar-refractivity contribution >= 4 is 11.8 Å². The highest BCUT2D eigenvalue weighted by Crippen LogP contribution is 2.27. The number of carbonyl (C=O) groups excluding carboxylic acids is 2. The lowest BCUT2D eigenvalue weighted by Crippen LogP contribution is -2.48. The summed E-state index contributed by atoms with van der Waals surface area (Å²) in [5.74, 6) is -0.623. The number of likely N-dealkylation sites (tertiary alicyclic amines) is 1. The van der Waals surface area contributed by atoms with Crippen LogP contribution in [0.2, 0.25) is 0 Å².